The molecule has 1 atom stereocenters. The Bertz CT molecular complexity index is 855. The first-order chi connectivity index (χ1) is 12.8. The molecule has 0 unspecified atom stereocenters. The number of para-hydroxylation sites is 1. The zero-order valence-corrected chi connectivity index (χ0v) is 16.3. The molecule has 0 aliphatic rings. The van der Waals surface area contributed by atoms with Crippen LogP contribution in [-0.4, -0.2) is 34.9 Å². The molecule has 0 bridgehead atoms. The van der Waals surface area contributed by atoms with Gasteiger partial charge in [-0.3, -0.25) is 9.48 Å². The number of carbonyl (C=O) groups is 2. The summed E-state index contributed by atoms with van der Waals surface area (Å²) >= 11 is 0. The van der Waals surface area contributed by atoms with Gasteiger partial charge in [0, 0.05) is 36.5 Å². The van der Waals surface area contributed by atoms with E-state index in [1.54, 1.807) is 17.9 Å². The molecule has 0 saturated carbocycles. The van der Waals surface area contributed by atoms with Crippen molar-refractivity contribution in [2.45, 2.75) is 33.4 Å². The number of carbonyl (C=O) groups excluding carboxylic acids is 2. The third kappa shape index (κ3) is 5.20. The fourth-order valence-electron chi connectivity index (χ4n) is 2.62. The normalized spacial score (nSPS) is 12.0. The SMILES string of the molecule is COc1ccccc1CNC(=O)[C@H](C)OC(=O)/C=C/c1c(C)nn(C)c1C. The van der Waals surface area contributed by atoms with E-state index < -0.39 is 12.1 Å². The maximum Gasteiger partial charge on any atom is 0.331 e. The molecule has 1 aromatic carbocycles. The summed E-state index contributed by atoms with van der Waals surface area (Å²) in [6.45, 7) is 5.60. The molecule has 2 aromatic rings. The average molecular weight is 371 g/mol. The number of nitrogens with one attached hydrogen (secondary N) is 1. The van der Waals surface area contributed by atoms with Gasteiger partial charge in [0.25, 0.3) is 5.91 Å². The zero-order chi connectivity index (χ0) is 20.0. The number of aryl methyl sites for hydroxylation is 2. The Hall–Kier alpha value is -3.09. The highest BCUT2D eigenvalue weighted by Gasteiger charge is 2.17. The van der Waals surface area contributed by atoms with E-state index >= 15 is 0 Å². The molecule has 7 heteroatoms. The number of hydrogen-bond acceptors (Lipinski definition) is 5. The lowest BCUT2D eigenvalue weighted by Crippen LogP contribution is -2.35. The molecule has 0 saturated heterocycles. The van der Waals surface area contributed by atoms with Crippen molar-refractivity contribution in [3.63, 3.8) is 0 Å². The Balaban J connectivity index is 1.90. The molecule has 1 heterocycles. The predicted octanol–water partition coefficient (Wildman–Crippen LogP) is 2.31. The second-order valence-electron chi connectivity index (χ2n) is 6.15. The number of esters is 1. The van der Waals surface area contributed by atoms with Gasteiger partial charge in [0.1, 0.15) is 5.75 Å². The smallest absolute Gasteiger partial charge is 0.331 e. The van der Waals surface area contributed by atoms with Crippen LogP contribution in [0.3, 0.4) is 0 Å². The first kappa shape index (κ1) is 20.2. The molecule has 0 fully saturated rings. The van der Waals surface area contributed by atoms with Crippen LogP contribution in [-0.2, 0) is 27.9 Å². The first-order valence-electron chi connectivity index (χ1n) is 8.62. The maximum atomic E-state index is 12.2. The summed E-state index contributed by atoms with van der Waals surface area (Å²) in [4.78, 5) is 24.2. The van der Waals surface area contributed by atoms with Gasteiger partial charge in [-0.2, -0.15) is 5.10 Å². The molecule has 0 radical (unpaired) electrons. The van der Waals surface area contributed by atoms with Gasteiger partial charge in [-0.1, -0.05) is 18.2 Å². The number of aromatic nitrogens is 2. The molecule has 0 spiro atoms. The number of rotatable bonds is 7. The van der Waals surface area contributed by atoms with Gasteiger partial charge >= 0.3 is 5.97 Å². The van der Waals surface area contributed by atoms with Crippen LogP contribution in [0.2, 0.25) is 0 Å². The van der Waals surface area contributed by atoms with Crippen LogP contribution in [0.5, 0.6) is 5.75 Å². The van der Waals surface area contributed by atoms with Gasteiger partial charge in [-0.25, -0.2) is 4.79 Å². The summed E-state index contributed by atoms with van der Waals surface area (Å²) in [5.74, 6) is -0.276. The third-order valence-corrected chi connectivity index (χ3v) is 4.26. The molecule has 144 valence electrons. The second-order valence-corrected chi connectivity index (χ2v) is 6.15. The summed E-state index contributed by atoms with van der Waals surface area (Å²) in [7, 11) is 3.41. The highest BCUT2D eigenvalue weighted by atomic mass is 16.5. The molecule has 1 N–H and O–H groups in total. The van der Waals surface area contributed by atoms with Crippen molar-refractivity contribution in [1.29, 1.82) is 0 Å². The molecule has 1 amide bonds. The monoisotopic (exact) mass is 371 g/mol. The van der Waals surface area contributed by atoms with Gasteiger partial charge in [-0.05, 0) is 32.9 Å². The minimum atomic E-state index is -0.909. The number of nitrogens with zero attached hydrogens (tertiary/aromatic N) is 2. The number of amides is 1. The van der Waals surface area contributed by atoms with E-state index in [2.05, 4.69) is 10.4 Å². The number of benzene rings is 1. The van der Waals surface area contributed by atoms with Crippen LogP contribution < -0.4 is 10.1 Å². The number of ether oxygens (including phenoxy) is 2. The lowest BCUT2D eigenvalue weighted by atomic mass is 10.2. The Morgan fingerprint density at radius 2 is 2.00 bits per heavy atom. The Morgan fingerprint density at radius 3 is 2.63 bits per heavy atom. The van der Waals surface area contributed by atoms with E-state index in [4.69, 9.17) is 9.47 Å². The predicted molar refractivity (Wildman–Crippen MR) is 102 cm³/mol. The van der Waals surface area contributed by atoms with Gasteiger partial charge < -0.3 is 14.8 Å². The summed E-state index contributed by atoms with van der Waals surface area (Å²) in [6, 6.07) is 7.39. The average Bonchev–Trinajstić information content (AvgIpc) is 2.89. The standard InChI is InChI=1S/C20H25N3O4/c1-13-17(14(2)23(4)22-13)10-11-19(24)27-15(3)20(25)21-12-16-8-6-7-9-18(16)26-5/h6-11,15H,12H2,1-5H3,(H,21,25)/b11-10+/t15-/m0/s1. The van der Waals surface area contributed by atoms with Crippen LogP contribution in [0.25, 0.3) is 6.08 Å². The van der Waals surface area contributed by atoms with E-state index in [-0.39, 0.29) is 12.5 Å². The Kier molecular flexibility index (Phi) is 6.76. The highest BCUT2D eigenvalue weighted by molar-refractivity contribution is 5.90. The van der Waals surface area contributed by atoms with E-state index in [1.807, 2.05) is 45.2 Å². The van der Waals surface area contributed by atoms with Crippen LogP contribution in [0.1, 0.15) is 29.4 Å². The first-order valence-corrected chi connectivity index (χ1v) is 8.62. The van der Waals surface area contributed by atoms with Gasteiger partial charge in [0.05, 0.1) is 12.8 Å². The van der Waals surface area contributed by atoms with Gasteiger partial charge in [0.2, 0.25) is 0 Å². The van der Waals surface area contributed by atoms with Crippen molar-refractivity contribution in [3.8, 4) is 5.75 Å². The lowest BCUT2D eigenvalue weighted by Gasteiger charge is -2.13. The summed E-state index contributed by atoms with van der Waals surface area (Å²) in [5.41, 5.74) is 3.47. The molecule has 2 rings (SSSR count). The fourth-order valence-corrected chi connectivity index (χ4v) is 2.62. The summed E-state index contributed by atoms with van der Waals surface area (Å²) in [5, 5.41) is 7.02. The molecule has 1 aromatic heterocycles. The van der Waals surface area contributed by atoms with Crippen LogP contribution in [0, 0.1) is 13.8 Å². The van der Waals surface area contributed by atoms with Crippen molar-refractivity contribution < 1.29 is 19.1 Å². The molecule has 7 nitrogen and oxygen atoms in total. The number of methoxy groups -OCH3 is 1. The van der Waals surface area contributed by atoms with Crippen LogP contribution in [0.15, 0.2) is 30.3 Å². The molecule has 27 heavy (non-hydrogen) atoms. The van der Waals surface area contributed by atoms with Crippen molar-refractivity contribution in [2.24, 2.45) is 7.05 Å². The number of hydrogen-bond donors (Lipinski definition) is 1. The quantitative estimate of drug-likeness (QED) is 0.597. The summed E-state index contributed by atoms with van der Waals surface area (Å²) in [6.07, 6.45) is 2.05. The molecule has 0 aliphatic carbocycles. The fraction of sp³-hybridized carbons (Fsp3) is 0.350. The van der Waals surface area contributed by atoms with E-state index in [1.165, 1.54) is 13.0 Å². The van der Waals surface area contributed by atoms with Crippen molar-refractivity contribution in [1.82, 2.24) is 15.1 Å². The van der Waals surface area contributed by atoms with Gasteiger partial charge in [0.15, 0.2) is 6.10 Å². The van der Waals surface area contributed by atoms with Crippen molar-refractivity contribution in [2.75, 3.05) is 7.11 Å². The Labute approximate surface area is 159 Å². The maximum absolute atomic E-state index is 12.2. The lowest BCUT2D eigenvalue weighted by molar-refractivity contribution is -0.150. The van der Waals surface area contributed by atoms with Crippen molar-refractivity contribution >= 4 is 18.0 Å². The van der Waals surface area contributed by atoms with E-state index in [0.29, 0.717) is 5.75 Å². The zero-order valence-electron chi connectivity index (χ0n) is 16.3. The second kappa shape index (κ2) is 9.02. The molecule has 0 aliphatic heterocycles. The van der Waals surface area contributed by atoms with Crippen molar-refractivity contribution in [3.05, 3.63) is 52.9 Å². The topological polar surface area (TPSA) is 82.4 Å². The minimum absolute atomic E-state index is 0.286. The van der Waals surface area contributed by atoms with E-state index in [0.717, 1.165) is 22.5 Å². The minimum Gasteiger partial charge on any atom is -0.496 e. The summed E-state index contributed by atoms with van der Waals surface area (Å²) < 4.78 is 12.2. The van der Waals surface area contributed by atoms with Gasteiger partial charge in [-0.15, -0.1) is 0 Å². The van der Waals surface area contributed by atoms with E-state index in [9.17, 15) is 9.59 Å². The van der Waals surface area contributed by atoms with Crippen LogP contribution in [0.4, 0.5) is 0 Å². The van der Waals surface area contributed by atoms with Crippen LogP contribution >= 0.6 is 0 Å². The molecular weight excluding hydrogens is 346 g/mol. The largest absolute Gasteiger partial charge is 0.496 e. The Morgan fingerprint density at radius 1 is 1.30 bits per heavy atom. The molecular formula is C20H25N3O4. The highest BCUT2D eigenvalue weighted by Crippen LogP contribution is 2.17. The third-order valence-electron chi connectivity index (χ3n) is 4.26.